The quantitative estimate of drug-likeness (QED) is 0.303. The minimum atomic E-state index is 0.393. The molecule has 4 N–H and O–H groups in total. The molecule has 4 aromatic rings. The number of nitrogens with zero attached hydrogens (tertiary/aromatic N) is 5. The molecular formula is C25H29N9O. The van der Waals surface area contributed by atoms with Crippen molar-refractivity contribution in [3.05, 3.63) is 60.0 Å². The fourth-order valence-corrected chi connectivity index (χ4v) is 4.32. The van der Waals surface area contributed by atoms with Crippen LogP contribution in [0.1, 0.15) is 37.1 Å². The molecule has 1 saturated carbocycles. The van der Waals surface area contributed by atoms with Gasteiger partial charge >= 0.3 is 0 Å². The molecule has 1 aromatic carbocycles. The van der Waals surface area contributed by atoms with Crippen molar-refractivity contribution in [2.45, 2.75) is 38.3 Å². The van der Waals surface area contributed by atoms with Crippen molar-refractivity contribution < 1.29 is 4.52 Å². The largest absolute Gasteiger partial charge is 0.359 e. The maximum atomic E-state index is 5.54. The van der Waals surface area contributed by atoms with Gasteiger partial charge in [0.05, 0.1) is 6.54 Å². The first-order chi connectivity index (χ1) is 17.2. The monoisotopic (exact) mass is 471 g/mol. The van der Waals surface area contributed by atoms with Crippen LogP contribution in [0.4, 0.5) is 23.4 Å². The van der Waals surface area contributed by atoms with Crippen molar-refractivity contribution in [2.75, 3.05) is 35.2 Å². The van der Waals surface area contributed by atoms with Crippen LogP contribution in [-0.2, 0) is 6.54 Å². The Morgan fingerprint density at radius 3 is 2.80 bits per heavy atom. The van der Waals surface area contributed by atoms with Crippen LogP contribution in [0.3, 0.4) is 0 Å². The van der Waals surface area contributed by atoms with Crippen LogP contribution in [0.15, 0.2) is 53.1 Å². The number of benzene rings is 1. The molecule has 2 aliphatic rings. The van der Waals surface area contributed by atoms with Gasteiger partial charge in [-0.3, -0.25) is 5.10 Å². The summed E-state index contributed by atoms with van der Waals surface area (Å²) in [6.07, 6.45) is 2.45. The molecule has 0 radical (unpaired) electrons. The molecule has 1 saturated heterocycles. The molecule has 0 unspecified atom stereocenters. The third-order valence-corrected chi connectivity index (χ3v) is 6.33. The number of piperazine rings is 1. The van der Waals surface area contributed by atoms with Crippen LogP contribution in [0.25, 0.3) is 11.3 Å². The van der Waals surface area contributed by atoms with Crippen molar-refractivity contribution in [1.82, 2.24) is 30.6 Å². The Labute approximate surface area is 203 Å². The van der Waals surface area contributed by atoms with Gasteiger partial charge in [-0.05, 0) is 19.8 Å². The average molecular weight is 472 g/mol. The molecule has 0 amide bonds. The third-order valence-electron chi connectivity index (χ3n) is 6.33. The van der Waals surface area contributed by atoms with Crippen LogP contribution < -0.4 is 20.9 Å². The summed E-state index contributed by atoms with van der Waals surface area (Å²) < 4.78 is 5.54. The van der Waals surface area contributed by atoms with Crippen LogP contribution in [0.2, 0.25) is 0 Å². The SMILES string of the molecule is C[C@@H]1CN(c2cc(Nc3cc(C4CC4)[nH]n3)nc(NCc3cc(-c4ccccc4)no3)n2)CCN1. The normalized spacial score (nSPS) is 18.0. The highest BCUT2D eigenvalue weighted by molar-refractivity contribution is 5.61. The molecule has 0 spiro atoms. The van der Waals surface area contributed by atoms with E-state index in [1.54, 1.807) is 0 Å². The van der Waals surface area contributed by atoms with Gasteiger partial charge in [0.25, 0.3) is 0 Å². The summed E-state index contributed by atoms with van der Waals surface area (Å²) in [5.41, 5.74) is 3.00. The standard InChI is InChI=1S/C25H29N9O/c1-16-15-34(10-9-26-16)24-13-22(28-23-12-20(31-32-23)18-7-8-18)29-25(30-24)27-14-19-11-21(33-35-19)17-5-3-2-4-6-17/h2-6,11-13,16,18,26H,7-10,14-15H2,1H3,(H3,27,28,29,30,31,32)/t16-/m1/s1. The average Bonchev–Trinajstić information content (AvgIpc) is 3.44. The Hall–Kier alpha value is -3.92. The zero-order valence-electron chi connectivity index (χ0n) is 19.7. The van der Waals surface area contributed by atoms with Crippen molar-refractivity contribution in [2.24, 2.45) is 0 Å². The van der Waals surface area contributed by atoms with Crippen LogP contribution >= 0.6 is 0 Å². The predicted octanol–water partition coefficient (Wildman–Crippen LogP) is 3.89. The Morgan fingerprint density at radius 2 is 1.97 bits per heavy atom. The first-order valence-corrected chi connectivity index (χ1v) is 12.1. The number of anilines is 4. The van der Waals surface area contributed by atoms with Gasteiger partial charge in [-0.25, -0.2) is 0 Å². The molecule has 6 rings (SSSR count). The number of hydrogen-bond donors (Lipinski definition) is 4. The molecule has 3 aromatic heterocycles. The van der Waals surface area contributed by atoms with E-state index in [1.165, 1.54) is 18.5 Å². The van der Waals surface area contributed by atoms with Crippen LogP contribution in [-0.4, -0.2) is 51.0 Å². The fraction of sp³-hybridized carbons (Fsp3) is 0.360. The maximum absolute atomic E-state index is 5.54. The molecule has 0 bridgehead atoms. The van der Waals surface area contributed by atoms with E-state index in [9.17, 15) is 0 Å². The van der Waals surface area contributed by atoms with E-state index in [0.29, 0.717) is 36.0 Å². The van der Waals surface area contributed by atoms with E-state index in [1.807, 2.05) is 42.5 Å². The lowest BCUT2D eigenvalue weighted by molar-refractivity contribution is 0.390. The number of rotatable bonds is 8. The molecular weight excluding hydrogens is 442 g/mol. The summed E-state index contributed by atoms with van der Waals surface area (Å²) in [6, 6.07) is 16.4. The molecule has 2 fully saturated rings. The summed E-state index contributed by atoms with van der Waals surface area (Å²) in [6.45, 7) is 5.29. The summed E-state index contributed by atoms with van der Waals surface area (Å²) in [4.78, 5) is 11.8. The van der Waals surface area contributed by atoms with Gasteiger partial charge in [-0.1, -0.05) is 35.5 Å². The smallest absolute Gasteiger partial charge is 0.227 e. The van der Waals surface area contributed by atoms with E-state index in [-0.39, 0.29) is 0 Å². The lowest BCUT2D eigenvalue weighted by atomic mass is 10.1. The zero-order valence-corrected chi connectivity index (χ0v) is 19.7. The molecule has 1 atom stereocenters. The van der Waals surface area contributed by atoms with Gasteiger partial charge in [-0.2, -0.15) is 15.1 Å². The molecule has 35 heavy (non-hydrogen) atoms. The van der Waals surface area contributed by atoms with Crippen LogP contribution in [0.5, 0.6) is 0 Å². The number of aromatic amines is 1. The minimum Gasteiger partial charge on any atom is -0.359 e. The van der Waals surface area contributed by atoms with Gasteiger partial charge in [0.2, 0.25) is 5.95 Å². The second-order valence-corrected chi connectivity index (χ2v) is 9.24. The summed E-state index contributed by atoms with van der Waals surface area (Å²) >= 11 is 0. The van der Waals surface area contributed by atoms with E-state index in [0.717, 1.165) is 42.5 Å². The maximum Gasteiger partial charge on any atom is 0.227 e. The van der Waals surface area contributed by atoms with Gasteiger partial charge in [0, 0.05) is 61.1 Å². The van der Waals surface area contributed by atoms with Crippen LogP contribution in [0, 0.1) is 0 Å². The van der Waals surface area contributed by atoms with E-state index in [2.05, 4.69) is 49.2 Å². The van der Waals surface area contributed by atoms with Crippen molar-refractivity contribution in [3.8, 4) is 11.3 Å². The number of H-pyrrole nitrogens is 1. The van der Waals surface area contributed by atoms with E-state index >= 15 is 0 Å². The number of hydrogen-bond acceptors (Lipinski definition) is 9. The highest BCUT2D eigenvalue weighted by Gasteiger charge is 2.26. The molecule has 180 valence electrons. The van der Waals surface area contributed by atoms with Crippen molar-refractivity contribution in [3.63, 3.8) is 0 Å². The first-order valence-electron chi connectivity index (χ1n) is 12.1. The van der Waals surface area contributed by atoms with Crippen molar-refractivity contribution in [1.29, 1.82) is 0 Å². The molecule has 10 nitrogen and oxygen atoms in total. The minimum absolute atomic E-state index is 0.393. The Morgan fingerprint density at radius 1 is 1.09 bits per heavy atom. The lowest BCUT2D eigenvalue weighted by Gasteiger charge is -2.33. The van der Waals surface area contributed by atoms with Gasteiger partial charge in [0.15, 0.2) is 11.6 Å². The second-order valence-electron chi connectivity index (χ2n) is 9.24. The van der Waals surface area contributed by atoms with Gasteiger partial charge < -0.3 is 25.4 Å². The van der Waals surface area contributed by atoms with Gasteiger partial charge in [-0.15, -0.1) is 0 Å². The summed E-state index contributed by atoms with van der Waals surface area (Å²) in [7, 11) is 0. The fourth-order valence-electron chi connectivity index (χ4n) is 4.32. The Kier molecular flexibility index (Phi) is 5.79. The highest BCUT2D eigenvalue weighted by atomic mass is 16.5. The Bertz CT molecular complexity index is 1280. The highest BCUT2D eigenvalue weighted by Crippen LogP contribution is 2.39. The van der Waals surface area contributed by atoms with Gasteiger partial charge in [0.1, 0.15) is 17.3 Å². The molecule has 1 aliphatic carbocycles. The predicted molar refractivity (Wildman–Crippen MR) is 135 cm³/mol. The topological polar surface area (TPSA) is 120 Å². The summed E-state index contributed by atoms with van der Waals surface area (Å²) in [5.74, 6) is 4.18. The molecule has 4 heterocycles. The Balaban J connectivity index is 1.21. The van der Waals surface area contributed by atoms with E-state index in [4.69, 9.17) is 14.5 Å². The van der Waals surface area contributed by atoms with E-state index < -0.39 is 0 Å². The zero-order chi connectivity index (χ0) is 23.6. The number of aromatic nitrogens is 5. The summed E-state index contributed by atoms with van der Waals surface area (Å²) in [5, 5.41) is 21.9. The number of nitrogens with one attached hydrogen (secondary N) is 4. The lowest BCUT2D eigenvalue weighted by Crippen LogP contribution is -2.49. The molecule has 10 heteroatoms. The first kappa shape index (κ1) is 21.6. The molecule has 1 aliphatic heterocycles. The van der Waals surface area contributed by atoms with Crippen molar-refractivity contribution >= 4 is 23.4 Å². The second kappa shape index (κ2) is 9.38. The third kappa shape index (κ3) is 5.12.